The Bertz CT molecular complexity index is 172. The Balaban J connectivity index is 3.71. The third kappa shape index (κ3) is 6.86. The van der Waals surface area contributed by atoms with Gasteiger partial charge >= 0.3 is 0 Å². The molecule has 1 amide bonds. The van der Waals surface area contributed by atoms with Crippen LogP contribution >= 0.6 is 0 Å². The van der Waals surface area contributed by atoms with Crippen LogP contribution in [0.2, 0.25) is 0 Å². The van der Waals surface area contributed by atoms with Crippen LogP contribution in [-0.2, 0) is 4.79 Å². The normalized spacial score (nSPS) is 17.2. The molecule has 4 heteroatoms. The molecular formula is C10H22N2O2. The number of hydrogen-bond donors (Lipinski definition) is 3. The van der Waals surface area contributed by atoms with Gasteiger partial charge in [-0.2, -0.15) is 0 Å². The number of amides is 1. The van der Waals surface area contributed by atoms with Crippen LogP contribution in [0.1, 0.15) is 33.6 Å². The summed E-state index contributed by atoms with van der Waals surface area (Å²) in [4.78, 5) is 11.4. The molecule has 0 radical (unpaired) electrons. The van der Waals surface area contributed by atoms with E-state index in [2.05, 4.69) is 5.32 Å². The largest absolute Gasteiger partial charge is 0.393 e. The average Bonchev–Trinajstić information content (AvgIpc) is 2.01. The highest BCUT2D eigenvalue weighted by Gasteiger charge is 2.11. The van der Waals surface area contributed by atoms with Gasteiger partial charge in [0, 0.05) is 12.5 Å². The van der Waals surface area contributed by atoms with E-state index in [1.165, 1.54) is 0 Å². The van der Waals surface area contributed by atoms with Crippen molar-refractivity contribution in [3.05, 3.63) is 0 Å². The van der Waals surface area contributed by atoms with Gasteiger partial charge in [0.05, 0.1) is 6.10 Å². The Morgan fingerprint density at radius 2 is 2.00 bits per heavy atom. The molecule has 0 bridgehead atoms. The number of nitrogens with one attached hydrogen (secondary N) is 1. The third-order valence-electron chi connectivity index (χ3n) is 2.04. The maximum atomic E-state index is 11.4. The van der Waals surface area contributed by atoms with E-state index in [4.69, 9.17) is 10.8 Å². The molecule has 0 aromatic rings. The van der Waals surface area contributed by atoms with Crippen molar-refractivity contribution < 1.29 is 9.90 Å². The Morgan fingerprint density at radius 1 is 1.43 bits per heavy atom. The molecule has 84 valence electrons. The highest BCUT2D eigenvalue weighted by atomic mass is 16.3. The molecule has 0 saturated carbocycles. The summed E-state index contributed by atoms with van der Waals surface area (Å²) in [6, 6.07) is 0.0208. The van der Waals surface area contributed by atoms with Gasteiger partial charge in [0.1, 0.15) is 0 Å². The molecule has 0 aliphatic heterocycles. The number of aliphatic hydroxyl groups is 1. The lowest BCUT2D eigenvalue weighted by atomic mass is 10.1. The molecule has 4 N–H and O–H groups in total. The van der Waals surface area contributed by atoms with Gasteiger partial charge in [-0.3, -0.25) is 4.79 Å². The molecule has 0 heterocycles. The van der Waals surface area contributed by atoms with Crippen LogP contribution in [-0.4, -0.2) is 29.7 Å². The molecule has 4 nitrogen and oxygen atoms in total. The van der Waals surface area contributed by atoms with E-state index in [1.54, 1.807) is 6.92 Å². The Morgan fingerprint density at radius 3 is 2.43 bits per heavy atom. The fourth-order valence-electron chi connectivity index (χ4n) is 1.30. The molecule has 0 aromatic heterocycles. The maximum absolute atomic E-state index is 11.4. The van der Waals surface area contributed by atoms with Crippen LogP contribution in [0.25, 0.3) is 0 Å². The minimum atomic E-state index is -0.378. The van der Waals surface area contributed by atoms with Crippen molar-refractivity contribution in [2.45, 2.75) is 45.8 Å². The first-order chi connectivity index (χ1) is 6.45. The summed E-state index contributed by atoms with van der Waals surface area (Å²) < 4.78 is 0. The zero-order valence-corrected chi connectivity index (χ0v) is 9.29. The van der Waals surface area contributed by atoms with Gasteiger partial charge in [-0.25, -0.2) is 0 Å². The second-order valence-corrected chi connectivity index (χ2v) is 4.10. The van der Waals surface area contributed by atoms with Crippen molar-refractivity contribution in [3.8, 4) is 0 Å². The topological polar surface area (TPSA) is 75.3 Å². The fraction of sp³-hybridized carbons (Fsp3) is 0.900. The van der Waals surface area contributed by atoms with Gasteiger partial charge in [0.25, 0.3) is 0 Å². The lowest BCUT2D eigenvalue weighted by molar-refractivity contribution is -0.122. The predicted octanol–water partition coefficient (Wildman–Crippen LogP) is 0.247. The molecule has 0 aliphatic carbocycles. The van der Waals surface area contributed by atoms with Crippen molar-refractivity contribution in [1.82, 2.24) is 5.32 Å². The van der Waals surface area contributed by atoms with Gasteiger partial charge in [0.15, 0.2) is 0 Å². The molecule has 3 unspecified atom stereocenters. The van der Waals surface area contributed by atoms with E-state index in [9.17, 15) is 4.79 Å². The van der Waals surface area contributed by atoms with Gasteiger partial charge in [-0.1, -0.05) is 6.92 Å². The van der Waals surface area contributed by atoms with Crippen molar-refractivity contribution >= 4 is 5.91 Å². The lowest BCUT2D eigenvalue weighted by Crippen LogP contribution is -2.36. The summed E-state index contributed by atoms with van der Waals surface area (Å²) >= 11 is 0. The second-order valence-electron chi connectivity index (χ2n) is 4.10. The van der Waals surface area contributed by atoms with E-state index in [-0.39, 0.29) is 24.0 Å². The van der Waals surface area contributed by atoms with Gasteiger partial charge in [0.2, 0.25) is 5.91 Å². The number of aliphatic hydroxyl groups excluding tert-OH is 1. The lowest BCUT2D eigenvalue weighted by Gasteiger charge is -2.16. The molecule has 14 heavy (non-hydrogen) atoms. The quantitative estimate of drug-likeness (QED) is 0.578. The van der Waals surface area contributed by atoms with Crippen LogP contribution in [0.5, 0.6) is 0 Å². The summed E-state index contributed by atoms with van der Waals surface area (Å²) in [5.74, 6) is 0.227. The van der Waals surface area contributed by atoms with E-state index in [0.717, 1.165) is 0 Å². The molecule has 0 fully saturated rings. The molecule has 0 aliphatic rings. The van der Waals surface area contributed by atoms with Crippen molar-refractivity contribution in [1.29, 1.82) is 0 Å². The van der Waals surface area contributed by atoms with Crippen molar-refractivity contribution in [2.75, 3.05) is 6.54 Å². The van der Waals surface area contributed by atoms with E-state index < -0.39 is 0 Å². The monoisotopic (exact) mass is 202 g/mol. The number of hydrogen-bond acceptors (Lipinski definition) is 3. The maximum Gasteiger partial charge on any atom is 0.220 e. The Kier molecular flexibility index (Phi) is 6.49. The van der Waals surface area contributed by atoms with Crippen LogP contribution in [0.15, 0.2) is 0 Å². The van der Waals surface area contributed by atoms with Crippen LogP contribution in [0.3, 0.4) is 0 Å². The van der Waals surface area contributed by atoms with Crippen LogP contribution in [0.4, 0.5) is 0 Å². The van der Waals surface area contributed by atoms with Crippen LogP contribution in [0, 0.1) is 5.92 Å². The Hall–Kier alpha value is -0.610. The minimum Gasteiger partial charge on any atom is -0.393 e. The highest BCUT2D eigenvalue weighted by molar-refractivity contribution is 5.76. The zero-order chi connectivity index (χ0) is 11.1. The van der Waals surface area contributed by atoms with E-state index in [1.807, 2.05) is 13.8 Å². The highest BCUT2D eigenvalue weighted by Crippen LogP contribution is 2.01. The zero-order valence-electron chi connectivity index (χ0n) is 9.29. The fourth-order valence-corrected chi connectivity index (χ4v) is 1.30. The molecular weight excluding hydrogens is 180 g/mol. The second kappa shape index (κ2) is 6.79. The first-order valence-electron chi connectivity index (χ1n) is 5.13. The van der Waals surface area contributed by atoms with Gasteiger partial charge < -0.3 is 16.2 Å². The van der Waals surface area contributed by atoms with Crippen LogP contribution < -0.4 is 11.1 Å². The standard InChI is InChI=1S/C10H22N2O2/c1-7(6-11)4-10(14)12-8(2)5-9(3)13/h7-9,13H,4-6,11H2,1-3H3,(H,12,14). The minimum absolute atomic E-state index is 0.0103. The van der Waals surface area contributed by atoms with Crippen molar-refractivity contribution in [2.24, 2.45) is 11.7 Å². The summed E-state index contributed by atoms with van der Waals surface area (Å²) in [6.07, 6.45) is 0.667. The summed E-state index contributed by atoms with van der Waals surface area (Å²) in [5.41, 5.74) is 5.41. The third-order valence-corrected chi connectivity index (χ3v) is 2.04. The average molecular weight is 202 g/mol. The van der Waals surface area contributed by atoms with Gasteiger partial charge in [-0.15, -0.1) is 0 Å². The van der Waals surface area contributed by atoms with Crippen molar-refractivity contribution in [3.63, 3.8) is 0 Å². The molecule has 0 rings (SSSR count). The molecule has 0 saturated heterocycles. The Labute approximate surface area is 85.9 Å². The smallest absolute Gasteiger partial charge is 0.220 e. The van der Waals surface area contributed by atoms with E-state index in [0.29, 0.717) is 19.4 Å². The predicted molar refractivity (Wildman–Crippen MR) is 56.7 cm³/mol. The SMILES string of the molecule is CC(O)CC(C)NC(=O)CC(C)CN. The summed E-state index contributed by atoms with van der Waals surface area (Å²) in [6.45, 7) is 6.07. The molecule has 0 aromatic carbocycles. The molecule has 0 spiro atoms. The number of carbonyl (C=O) groups excluding carboxylic acids is 1. The van der Waals surface area contributed by atoms with Gasteiger partial charge in [-0.05, 0) is 32.7 Å². The summed E-state index contributed by atoms with van der Waals surface area (Å²) in [5, 5.41) is 11.9. The first-order valence-corrected chi connectivity index (χ1v) is 5.13. The molecule has 3 atom stereocenters. The number of carbonyl (C=O) groups is 1. The van der Waals surface area contributed by atoms with E-state index >= 15 is 0 Å². The first kappa shape index (κ1) is 13.4. The number of rotatable bonds is 6. The summed E-state index contributed by atoms with van der Waals surface area (Å²) in [7, 11) is 0. The number of nitrogens with two attached hydrogens (primary N) is 1.